The van der Waals surface area contributed by atoms with Crippen molar-refractivity contribution in [2.24, 2.45) is 5.10 Å². The molecule has 23 heavy (non-hydrogen) atoms. The number of para-hydroxylation sites is 1. The van der Waals surface area contributed by atoms with Crippen LogP contribution in [-0.4, -0.2) is 32.9 Å². The summed E-state index contributed by atoms with van der Waals surface area (Å²) in [6, 6.07) is 14.3. The van der Waals surface area contributed by atoms with Gasteiger partial charge in [-0.2, -0.15) is 5.10 Å². The average molecular weight is 314 g/mol. The summed E-state index contributed by atoms with van der Waals surface area (Å²) in [6.07, 6.45) is 1.52. The maximum absolute atomic E-state index is 11.7. The quantitative estimate of drug-likeness (QED) is 0.628. The van der Waals surface area contributed by atoms with E-state index in [1.165, 1.54) is 6.21 Å². The molecule has 0 aromatic heterocycles. The van der Waals surface area contributed by atoms with E-state index in [4.69, 9.17) is 14.2 Å². The number of carbonyl (C=O) groups excluding carboxylic acids is 1. The fraction of sp³-hybridized carbons (Fsp3) is 0.176. The van der Waals surface area contributed by atoms with Crippen LogP contribution in [0.5, 0.6) is 17.2 Å². The summed E-state index contributed by atoms with van der Waals surface area (Å²) in [4.78, 5) is 11.7. The molecule has 2 rings (SSSR count). The molecule has 2 aromatic carbocycles. The molecule has 120 valence electrons. The minimum atomic E-state index is -0.355. The van der Waals surface area contributed by atoms with E-state index in [-0.39, 0.29) is 12.5 Å². The second kappa shape index (κ2) is 8.43. The lowest BCUT2D eigenvalue weighted by Gasteiger charge is -2.06. The number of benzene rings is 2. The van der Waals surface area contributed by atoms with Crippen LogP contribution in [0.15, 0.2) is 53.6 Å². The van der Waals surface area contributed by atoms with Gasteiger partial charge in [0.25, 0.3) is 5.91 Å². The van der Waals surface area contributed by atoms with Crippen LogP contribution in [0.1, 0.15) is 5.56 Å². The van der Waals surface area contributed by atoms with Gasteiger partial charge >= 0.3 is 0 Å². The molecular weight excluding hydrogens is 296 g/mol. The Morgan fingerprint density at radius 2 is 1.74 bits per heavy atom. The van der Waals surface area contributed by atoms with Crippen molar-refractivity contribution in [3.63, 3.8) is 0 Å². The third-order valence-corrected chi connectivity index (χ3v) is 2.96. The predicted molar refractivity (Wildman–Crippen MR) is 87.2 cm³/mol. The molecular formula is C17H18N2O4. The summed E-state index contributed by atoms with van der Waals surface area (Å²) in [7, 11) is 3.16. The summed E-state index contributed by atoms with van der Waals surface area (Å²) in [5.41, 5.74) is 3.17. The Morgan fingerprint density at radius 1 is 1.04 bits per heavy atom. The minimum absolute atomic E-state index is 0.129. The molecule has 6 heteroatoms. The number of hydrogen-bond acceptors (Lipinski definition) is 5. The highest BCUT2D eigenvalue weighted by atomic mass is 16.5. The van der Waals surface area contributed by atoms with Gasteiger partial charge in [0.05, 0.1) is 20.4 Å². The SMILES string of the molecule is COc1ccc(OCC(=O)N/N=C/c2ccccc2OC)cc1. The van der Waals surface area contributed by atoms with Crippen LogP contribution in [0.25, 0.3) is 0 Å². The maximum Gasteiger partial charge on any atom is 0.277 e. The number of nitrogens with zero attached hydrogens (tertiary/aromatic N) is 1. The van der Waals surface area contributed by atoms with Crippen LogP contribution >= 0.6 is 0 Å². The number of methoxy groups -OCH3 is 2. The highest BCUT2D eigenvalue weighted by molar-refractivity contribution is 5.85. The molecule has 0 spiro atoms. The molecule has 0 aliphatic carbocycles. The van der Waals surface area contributed by atoms with Crippen LogP contribution in [0, 0.1) is 0 Å². The van der Waals surface area contributed by atoms with Crippen LogP contribution < -0.4 is 19.6 Å². The Hall–Kier alpha value is -3.02. The Labute approximate surface area is 134 Å². The number of hydrazone groups is 1. The molecule has 1 amide bonds. The van der Waals surface area contributed by atoms with Gasteiger partial charge in [-0.3, -0.25) is 4.79 Å². The van der Waals surface area contributed by atoms with Crippen molar-refractivity contribution in [2.45, 2.75) is 0 Å². The van der Waals surface area contributed by atoms with E-state index < -0.39 is 0 Å². The van der Waals surface area contributed by atoms with Crippen molar-refractivity contribution in [2.75, 3.05) is 20.8 Å². The van der Waals surface area contributed by atoms with E-state index in [1.54, 1.807) is 38.5 Å². The van der Waals surface area contributed by atoms with E-state index in [0.29, 0.717) is 11.5 Å². The van der Waals surface area contributed by atoms with Gasteiger partial charge in [0.15, 0.2) is 6.61 Å². The summed E-state index contributed by atoms with van der Waals surface area (Å²) in [6.45, 7) is -0.129. The van der Waals surface area contributed by atoms with Gasteiger partial charge < -0.3 is 14.2 Å². The molecule has 0 bridgehead atoms. The van der Waals surface area contributed by atoms with Gasteiger partial charge in [-0.1, -0.05) is 12.1 Å². The lowest BCUT2D eigenvalue weighted by atomic mass is 10.2. The summed E-state index contributed by atoms with van der Waals surface area (Å²) in [5, 5.41) is 3.89. The predicted octanol–water partition coefficient (Wildman–Crippen LogP) is 2.23. The molecule has 0 aliphatic rings. The van der Waals surface area contributed by atoms with E-state index in [2.05, 4.69) is 10.5 Å². The first-order valence-electron chi connectivity index (χ1n) is 6.94. The fourth-order valence-corrected chi connectivity index (χ4v) is 1.80. The zero-order chi connectivity index (χ0) is 16.5. The third kappa shape index (κ3) is 5.03. The van der Waals surface area contributed by atoms with Gasteiger partial charge in [-0.25, -0.2) is 5.43 Å². The van der Waals surface area contributed by atoms with E-state index >= 15 is 0 Å². The van der Waals surface area contributed by atoms with Crippen molar-refractivity contribution in [3.05, 3.63) is 54.1 Å². The standard InChI is InChI=1S/C17H18N2O4/c1-21-14-7-9-15(10-8-14)23-12-17(20)19-18-11-13-5-3-4-6-16(13)22-2/h3-11H,12H2,1-2H3,(H,19,20)/b18-11+. The van der Waals surface area contributed by atoms with Gasteiger partial charge in [0.1, 0.15) is 17.2 Å². The molecule has 1 N–H and O–H groups in total. The molecule has 2 aromatic rings. The molecule has 6 nitrogen and oxygen atoms in total. The van der Waals surface area contributed by atoms with Crippen molar-refractivity contribution in [3.8, 4) is 17.2 Å². The van der Waals surface area contributed by atoms with E-state index in [9.17, 15) is 4.79 Å². The number of carbonyl (C=O) groups is 1. The van der Waals surface area contributed by atoms with E-state index in [1.807, 2.05) is 24.3 Å². The molecule has 0 radical (unpaired) electrons. The molecule has 0 unspecified atom stereocenters. The smallest absolute Gasteiger partial charge is 0.277 e. The molecule has 0 saturated carbocycles. The monoisotopic (exact) mass is 314 g/mol. The Balaban J connectivity index is 1.81. The topological polar surface area (TPSA) is 69.2 Å². The largest absolute Gasteiger partial charge is 0.497 e. The number of amides is 1. The first-order valence-corrected chi connectivity index (χ1v) is 6.94. The van der Waals surface area contributed by atoms with Crippen LogP contribution in [0.4, 0.5) is 0 Å². The first-order chi connectivity index (χ1) is 11.2. The molecule has 0 aliphatic heterocycles. The molecule has 0 saturated heterocycles. The first kappa shape index (κ1) is 16.4. The summed E-state index contributed by atoms with van der Waals surface area (Å²) >= 11 is 0. The van der Waals surface area contributed by atoms with Gasteiger partial charge in [-0.15, -0.1) is 0 Å². The zero-order valence-corrected chi connectivity index (χ0v) is 13.0. The second-order valence-corrected chi connectivity index (χ2v) is 4.50. The Kier molecular flexibility index (Phi) is 5.99. The average Bonchev–Trinajstić information content (AvgIpc) is 2.61. The van der Waals surface area contributed by atoms with Crippen molar-refractivity contribution in [1.29, 1.82) is 0 Å². The lowest BCUT2D eigenvalue weighted by molar-refractivity contribution is -0.123. The van der Waals surface area contributed by atoms with Crippen LogP contribution in [-0.2, 0) is 4.79 Å². The number of hydrogen-bond donors (Lipinski definition) is 1. The van der Waals surface area contributed by atoms with Crippen molar-refractivity contribution >= 4 is 12.1 Å². The Morgan fingerprint density at radius 3 is 2.43 bits per heavy atom. The molecule has 0 heterocycles. The second-order valence-electron chi connectivity index (χ2n) is 4.50. The van der Waals surface area contributed by atoms with Gasteiger partial charge in [-0.05, 0) is 36.4 Å². The lowest BCUT2D eigenvalue weighted by Crippen LogP contribution is -2.24. The van der Waals surface area contributed by atoms with Gasteiger partial charge in [0, 0.05) is 5.56 Å². The molecule has 0 fully saturated rings. The van der Waals surface area contributed by atoms with E-state index in [0.717, 1.165) is 11.3 Å². The maximum atomic E-state index is 11.7. The fourth-order valence-electron chi connectivity index (χ4n) is 1.80. The van der Waals surface area contributed by atoms with Gasteiger partial charge in [0.2, 0.25) is 0 Å². The summed E-state index contributed by atoms with van der Waals surface area (Å²) < 4.78 is 15.6. The van der Waals surface area contributed by atoms with Crippen LogP contribution in [0.2, 0.25) is 0 Å². The zero-order valence-electron chi connectivity index (χ0n) is 13.0. The normalized spacial score (nSPS) is 10.3. The summed E-state index contributed by atoms with van der Waals surface area (Å²) in [5.74, 6) is 1.63. The highest BCUT2D eigenvalue weighted by Crippen LogP contribution is 2.17. The Bertz CT molecular complexity index is 669. The van der Waals surface area contributed by atoms with Crippen molar-refractivity contribution in [1.82, 2.24) is 5.43 Å². The van der Waals surface area contributed by atoms with Crippen molar-refractivity contribution < 1.29 is 19.0 Å². The number of nitrogens with one attached hydrogen (secondary N) is 1. The van der Waals surface area contributed by atoms with Crippen LogP contribution in [0.3, 0.4) is 0 Å². The third-order valence-electron chi connectivity index (χ3n) is 2.96. The highest BCUT2D eigenvalue weighted by Gasteiger charge is 2.02. The molecule has 0 atom stereocenters. The minimum Gasteiger partial charge on any atom is -0.497 e. The number of rotatable bonds is 7. The number of ether oxygens (including phenoxy) is 3.